The minimum absolute atomic E-state index is 0.0823. The van der Waals surface area contributed by atoms with Crippen molar-refractivity contribution < 1.29 is 0 Å². The van der Waals surface area contributed by atoms with Gasteiger partial charge in [-0.3, -0.25) is 4.79 Å². The van der Waals surface area contributed by atoms with Crippen molar-refractivity contribution >= 4 is 21.8 Å². The van der Waals surface area contributed by atoms with Crippen LogP contribution >= 0.6 is 0 Å². The Morgan fingerprint density at radius 2 is 1.50 bits per heavy atom. The van der Waals surface area contributed by atoms with Crippen molar-refractivity contribution in [3.8, 4) is 11.3 Å². The fourth-order valence-corrected chi connectivity index (χ4v) is 2.68. The molecule has 0 aliphatic rings. The molecule has 2 aromatic carbocycles. The highest BCUT2D eigenvalue weighted by molar-refractivity contribution is 6.10. The van der Waals surface area contributed by atoms with E-state index < -0.39 is 0 Å². The van der Waals surface area contributed by atoms with Gasteiger partial charge in [-0.15, -0.1) is 0 Å². The van der Waals surface area contributed by atoms with E-state index >= 15 is 0 Å². The first-order chi connectivity index (χ1) is 9.83. The molecule has 3 heteroatoms. The lowest BCUT2D eigenvalue weighted by atomic mass is 10.1. The molecule has 4 rings (SSSR count). The lowest BCUT2D eigenvalue weighted by Crippen LogP contribution is -2.05. The lowest BCUT2D eigenvalue weighted by molar-refractivity contribution is 1.26. The third-order valence-electron chi connectivity index (χ3n) is 3.58. The van der Waals surface area contributed by atoms with Crippen molar-refractivity contribution in [2.45, 2.75) is 0 Å². The molecule has 0 aliphatic carbocycles. The van der Waals surface area contributed by atoms with Gasteiger partial charge < -0.3 is 9.97 Å². The zero-order valence-corrected chi connectivity index (χ0v) is 10.7. The zero-order chi connectivity index (χ0) is 13.5. The maximum absolute atomic E-state index is 11.9. The number of fused-ring (bicyclic) bond motifs is 3. The van der Waals surface area contributed by atoms with E-state index in [0.29, 0.717) is 0 Å². The molecular formula is C17H12N2O. The molecule has 0 saturated carbocycles. The number of hydrogen-bond acceptors (Lipinski definition) is 1. The van der Waals surface area contributed by atoms with Crippen LogP contribution in [0.1, 0.15) is 0 Å². The minimum Gasteiger partial charge on any atom is -0.353 e. The lowest BCUT2D eigenvalue weighted by Gasteiger charge is -2.03. The first kappa shape index (κ1) is 11.1. The number of benzene rings is 2. The first-order valence-electron chi connectivity index (χ1n) is 6.52. The molecule has 4 aromatic rings. The van der Waals surface area contributed by atoms with Crippen LogP contribution in [0.3, 0.4) is 0 Å². The topological polar surface area (TPSA) is 48.6 Å². The summed E-state index contributed by atoms with van der Waals surface area (Å²) in [6, 6.07) is 19.6. The minimum atomic E-state index is -0.0823. The molecule has 0 fully saturated rings. The highest BCUT2D eigenvalue weighted by Crippen LogP contribution is 2.30. The van der Waals surface area contributed by atoms with Crippen LogP contribution in [-0.2, 0) is 0 Å². The van der Waals surface area contributed by atoms with Gasteiger partial charge in [0.25, 0.3) is 0 Å². The first-order valence-corrected chi connectivity index (χ1v) is 6.52. The molecule has 0 aliphatic heterocycles. The molecule has 0 saturated heterocycles. The van der Waals surface area contributed by atoms with Gasteiger partial charge in [-0.25, -0.2) is 0 Å². The van der Waals surface area contributed by atoms with Gasteiger partial charge in [-0.1, -0.05) is 48.5 Å². The second kappa shape index (κ2) is 4.10. The Balaban J connectivity index is 2.19. The summed E-state index contributed by atoms with van der Waals surface area (Å²) in [6.07, 6.45) is 0. The van der Waals surface area contributed by atoms with Crippen LogP contribution in [-0.4, -0.2) is 9.97 Å². The van der Waals surface area contributed by atoms with Crippen molar-refractivity contribution in [2.75, 3.05) is 0 Å². The Labute approximate surface area is 114 Å². The van der Waals surface area contributed by atoms with Gasteiger partial charge in [0.1, 0.15) is 0 Å². The second-order valence-corrected chi connectivity index (χ2v) is 4.83. The van der Waals surface area contributed by atoms with E-state index in [9.17, 15) is 4.79 Å². The maximum atomic E-state index is 11.9. The Bertz CT molecular complexity index is 965. The number of aromatic nitrogens is 2. The third kappa shape index (κ3) is 1.57. The fraction of sp³-hybridized carbons (Fsp3) is 0. The Morgan fingerprint density at radius 3 is 2.35 bits per heavy atom. The van der Waals surface area contributed by atoms with Crippen molar-refractivity contribution in [3.63, 3.8) is 0 Å². The molecule has 0 radical (unpaired) electrons. The van der Waals surface area contributed by atoms with Crippen LogP contribution < -0.4 is 5.56 Å². The molecule has 2 N–H and O–H groups in total. The number of aromatic amines is 2. The van der Waals surface area contributed by atoms with Crippen LogP contribution in [0.25, 0.3) is 33.1 Å². The van der Waals surface area contributed by atoms with Crippen LogP contribution in [0, 0.1) is 0 Å². The average molecular weight is 260 g/mol. The molecule has 0 bridgehead atoms. The molecule has 3 nitrogen and oxygen atoms in total. The van der Waals surface area contributed by atoms with Crippen LogP contribution in [0.5, 0.6) is 0 Å². The maximum Gasteiger partial charge on any atom is 0.249 e. The van der Waals surface area contributed by atoms with Crippen molar-refractivity contribution in [2.24, 2.45) is 0 Å². The summed E-state index contributed by atoms with van der Waals surface area (Å²) in [5.74, 6) is 0. The predicted molar refractivity (Wildman–Crippen MR) is 81.9 cm³/mol. The van der Waals surface area contributed by atoms with Crippen LogP contribution in [0.2, 0.25) is 0 Å². The van der Waals surface area contributed by atoms with Crippen LogP contribution in [0.4, 0.5) is 0 Å². The average Bonchev–Trinajstić information content (AvgIpc) is 2.86. The van der Waals surface area contributed by atoms with E-state index in [2.05, 4.69) is 9.97 Å². The van der Waals surface area contributed by atoms with Crippen molar-refractivity contribution in [1.82, 2.24) is 9.97 Å². The molecule has 0 spiro atoms. The number of pyridine rings is 1. The molecule has 96 valence electrons. The van der Waals surface area contributed by atoms with Gasteiger partial charge >= 0.3 is 0 Å². The third-order valence-corrected chi connectivity index (χ3v) is 3.58. The van der Waals surface area contributed by atoms with Gasteiger partial charge in [-0.05, 0) is 6.07 Å². The second-order valence-electron chi connectivity index (χ2n) is 4.83. The van der Waals surface area contributed by atoms with E-state index in [1.165, 1.54) is 0 Å². The summed E-state index contributed by atoms with van der Waals surface area (Å²) in [6.45, 7) is 0. The molecule has 0 atom stereocenters. The quantitative estimate of drug-likeness (QED) is 0.539. The van der Waals surface area contributed by atoms with E-state index in [4.69, 9.17) is 0 Å². The van der Waals surface area contributed by atoms with E-state index in [1.807, 2.05) is 54.6 Å². The molecular weight excluding hydrogens is 248 g/mol. The molecule has 2 heterocycles. The van der Waals surface area contributed by atoms with Crippen molar-refractivity contribution in [3.05, 3.63) is 71.0 Å². The normalized spacial score (nSPS) is 11.2. The standard InChI is InChI=1S/C17H12N2O/c20-15-10-13-12-8-4-5-9-14(12)18-17(13)16(19-15)11-6-2-1-3-7-11/h1-10,18H,(H,19,20). The smallest absolute Gasteiger partial charge is 0.249 e. The molecule has 2 aromatic heterocycles. The van der Waals surface area contributed by atoms with Crippen molar-refractivity contribution in [1.29, 1.82) is 0 Å². The number of rotatable bonds is 1. The summed E-state index contributed by atoms with van der Waals surface area (Å²) in [5.41, 5.74) is 3.77. The Kier molecular flexibility index (Phi) is 2.27. The number of nitrogens with one attached hydrogen (secondary N) is 2. The van der Waals surface area contributed by atoms with Crippen LogP contribution in [0.15, 0.2) is 65.5 Å². The van der Waals surface area contributed by atoms with Gasteiger partial charge in [0.2, 0.25) is 5.56 Å². The number of para-hydroxylation sites is 1. The SMILES string of the molecule is O=c1cc2c([nH]c3ccccc32)c(-c2ccccc2)[nH]1. The highest BCUT2D eigenvalue weighted by Gasteiger charge is 2.10. The van der Waals surface area contributed by atoms with Gasteiger partial charge in [0.15, 0.2) is 0 Å². The number of H-pyrrole nitrogens is 2. The molecule has 20 heavy (non-hydrogen) atoms. The molecule has 0 amide bonds. The Hall–Kier alpha value is -2.81. The Morgan fingerprint density at radius 1 is 0.750 bits per heavy atom. The highest BCUT2D eigenvalue weighted by atomic mass is 16.1. The molecule has 0 unspecified atom stereocenters. The fourth-order valence-electron chi connectivity index (χ4n) is 2.68. The summed E-state index contributed by atoms with van der Waals surface area (Å²) >= 11 is 0. The van der Waals surface area contributed by atoms with E-state index in [1.54, 1.807) is 6.07 Å². The van der Waals surface area contributed by atoms with E-state index in [0.717, 1.165) is 33.1 Å². The summed E-state index contributed by atoms with van der Waals surface area (Å²) in [7, 11) is 0. The summed E-state index contributed by atoms with van der Waals surface area (Å²) in [4.78, 5) is 18.3. The zero-order valence-electron chi connectivity index (χ0n) is 10.7. The van der Waals surface area contributed by atoms with Gasteiger partial charge in [0.05, 0.1) is 11.2 Å². The number of hydrogen-bond donors (Lipinski definition) is 2. The summed E-state index contributed by atoms with van der Waals surface area (Å²) in [5, 5.41) is 2.04. The van der Waals surface area contributed by atoms with Gasteiger partial charge in [-0.2, -0.15) is 0 Å². The largest absolute Gasteiger partial charge is 0.353 e. The summed E-state index contributed by atoms with van der Waals surface area (Å²) < 4.78 is 0. The van der Waals surface area contributed by atoms with E-state index in [-0.39, 0.29) is 5.56 Å². The predicted octanol–water partition coefficient (Wildman–Crippen LogP) is 3.68. The monoisotopic (exact) mass is 260 g/mol. The van der Waals surface area contributed by atoms with Gasteiger partial charge in [0, 0.05) is 27.9 Å².